The number of nitrogens with one attached hydrogen (secondary N) is 1. The Hall–Kier alpha value is -1.92. The molecule has 1 rings (SSSR count). The second-order valence-corrected chi connectivity index (χ2v) is 4.20. The number of nitrogens with two attached hydrogens (primary N) is 1. The van der Waals surface area contributed by atoms with E-state index in [0.29, 0.717) is 6.42 Å². The van der Waals surface area contributed by atoms with E-state index >= 15 is 0 Å². The number of rotatable bonds is 7. The van der Waals surface area contributed by atoms with Crippen LogP contribution in [0.1, 0.15) is 24.4 Å². The average Bonchev–Trinajstić information content (AvgIpc) is 2.42. The largest absolute Gasteiger partial charge is 0.480 e. The molecular weight excluding hydrogens is 248 g/mol. The van der Waals surface area contributed by atoms with Crippen molar-refractivity contribution < 1.29 is 19.8 Å². The molecule has 6 heteroatoms. The van der Waals surface area contributed by atoms with Crippen molar-refractivity contribution in [2.45, 2.75) is 24.9 Å². The number of hydrogen-bond donors (Lipinski definition) is 4. The number of carbonyl (C=O) groups is 2. The van der Waals surface area contributed by atoms with E-state index in [9.17, 15) is 9.59 Å². The lowest BCUT2D eigenvalue weighted by Gasteiger charge is -2.14. The molecule has 19 heavy (non-hydrogen) atoms. The first-order valence-electron chi connectivity index (χ1n) is 5.98. The van der Waals surface area contributed by atoms with Crippen molar-refractivity contribution in [2.75, 3.05) is 6.61 Å². The minimum Gasteiger partial charge on any atom is -0.480 e. The van der Waals surface area contributed by atoms with Gasteiger partial charge in [0.2, 0.25) is 5.91 Å². The molecule has 0 saturated carbocycles. The second-order valence-electron chi connectivity index (χ2n) is 4.20. The van der Waals surface area contributed by atoms with Gasteiger partial charge in [0.05, 0.1) is 6.61 Å². The molecular formula is C13H18N2O4. The number of hydrogen-bond acceptors (Lipinski definition) is 4. The summed E-state index contributed by atoms with van der Waals surface area (Å²) < 4.78 is 0. The van der Waals surface area contributed by atoms with Gasteiger partial charge in [0.1, 0.15) is 6.04 Å². The van der Waals surface area contributed by atoms with Crippen LogP contribution in [0.3, 0.4) is 0 Å². The summed E-state index contributed by atoms with van der Waals surface area (Å²) in [5.74, 6) is -1.70. The fraction of sp³-hybridized carbons (Fsp3) is 0.385. The molecule has 5 N–H and O–H groups in total. The van der Waals surface area contributed by atoms with Gasteiger partial charge in [-0.1, -0.05) is 30.3 Å². The maximum atomic E-state index is 11.5. The van der Waals surface area contributed by atoms with Crippen LogP contribution in [0.15, 0.2) is 30.3 Å². The van der Waals surface area contributed by atoms with Gasteiger partial charge in [-0.3, -0.25) is 4.79 Å². The number of aliphatic hydroxyl groups excluding tert-OH is 1. The van der Waals surface area contributed by atoms with Crippen molar-refractivity contribution in [3.63, 3.8) is 0 Å². The molecule has 104 valence electrons. The van der Waals surface area contributed by atoms with Crippen molar-refractivity contribution in [3.8, 4) is 0 Å². The SMILES string of the molecule is NC(CCC(=O)N[C@@H](CO)C(=O)O)c1ccccc1. The first kappa shape index (κ1) is 15.1. The minimum atomic E-state index is -1.26. The topological polar surface area (TPSA) is 113 Å². The lowest BCUT2D eigenvalue weighted by Crippen LogP contribution is -2.43. The number of aliphatic hydroxyl groups is 1. The summed E-state index contributed by atoms with van der Waals surface area (Å²) in [6.07, 6.45) is 0.521. The molecule has 0 spiro atoms. The summed E-state index contributed by atoms with van der Waals surface area (Å²) in [5, 5.41) is 19.7. The molecule has 0 radical (unpaired) electrons. The first-order valence-corrected chi connectivity index (χ1v) is 5.98. The van der Waals surface area contributed by atoms with E-state index in [1.165, 1.54) is 0 Å². The zero-order chi connectivity index (χ0) is 14.3. The fourth-order valence-electron chi connectivity index (χ4n) is 1.61. The third-order valence-electron chi connectivity index (χ3n) is 2.73. The molecule has 2 atom stereocenters. The van der Waals surface area contributed by atoms with E-state index in [1.54, 1.807) is 0 Å². The highest BCUT2D eigenvalue weighted by molar-refractivity contribution is 5.83. The predicted molar refractivity (Wildman–Crippen MR) is 69.3 cm³/mol. The monoisotopic (exact) mass is 266 g/mol. The van der Waals surface area contributed by atoms with Crippen LogP contribution in [0.25, 0.3) is 0 Å². The van der Waals surface area contributed by atoms with Crippen LogP contribution >= 0.6 is 0 Å². The normalized spacial score (nSPS) is 13.6. The Morgan fingerprint density at radius 3 is 2.42 bits per heavy atom. The van der Waals surface area contributed by atoms with E-state index < -0.39 is 24.5 Å². The fourth-order valence-corrected chi connectivity index (χ4v) is 1.61. The van der Waals surface area contributed by atoms with E-state index in [-0.39, 0.29) is 12.5 Å². The maximum absolute atomic E-state index is 11.5. The minimum absolute atomic E-state index is 0.111. The highest BCUT2D eigenvalue weighted by Gasteiger charge is 2.19. The Bertz CT molecular complexity index is 422. The molecule has 0 fully saturated rings. The molecule has 0 bridgehead atoms. The summed E-state index contributed by atoms with van der Waals surface area (Å²) in [4.78, 5) is 22.1. The van der Waals surface area contributed by atoms with Crippen molar-refractivity contribution >= 4 is 11.9 Å². The van der Waals surface area contributed by atoms with Gasteiger partial charge < -0.3 is 21.3 Å². The lowest BCUT2D eigenvalue weighted by atomic mass is 10.0. The zero-order valence-electron chi connectivity index (χ0n) is 10.5. The number of amides is 1. The highest BCUT2D eigenvalue weighted by Crippen LogP contribution is 2.14. The summed E-state index contributed by atoms with van der Waals surface area (Å²) in [6, 6.07) is 7.81. The lowest BCUT2D eigenvalue weighted by molar-refractivity contribution is -0.142. The molecule has 1 unspecified atom stereocenters. The van der Waals surface area contributed by atoms with Gasteiger partial charge in [-0.05, 0) is 12.0 Å². The van der Waals surface area contributed by atoms with E-state index in [1.807, 2.05) is 30.3 Å². The Morgan fingerprint density at radius 2 is 1.89 bits per heavy atom. The Labute approximate surface area is 111 Å². The van der Waals surface area contributed by atoms with Crippen LogP contribution in [0.5, 0.6) is 0 Å². The molecule has 0 saturated heterocycles. The molecule has 1 aromatic rings. The van der Waals surface area contributed by atoms with E-state index in [4.69, 9.17) is 15.9 Å². The summed E-state index contributed by atoms with van der Waals surface area (Å²) >= 11 is 0. The quantitative estimate of drug-likeness (QED) is 0.556. The molecule has 1 aromatic carbocycles. The molecule has 0 aliphatic heterocycles. The zero-order valence-corrected chi connectivity index (χ0v) is 10.5. The smallest absolute Gasteiger partial charge is 0.328 e. The van der Waals surface area contributed by atoms with Crippen LogP contribution in [0, 0.1) is 0 Å². The summed E-state index contributed by atoms with van der Waals surface area (Å²) in [7, 11) is 0. The van der Waals surface area contributed by atoms with Crippen LogP contribution in [0.2, 0.25) is 0 Å². The Morgan fingerprint density at radius 1 is 1.26 bits per heavy atom. The number of carboxylic acid groups (broad SMARTS) is 1. The van der Waals surface area contributed by atoms with Crippen molar-refractivity contribution in [2.24, 2.45) is 5.73 Å². The van der Waals surface area contributed by atoms with Crippen LogP contribution in [0.4, 0.5) is 0 Å². The van der Waals surface area contributed by atoms with Crippen LogP contribution in [-0.2, 0) is 9.59 Å². The predicted octanol–water partition coefficient (Wildman–Crippen LogP) is 0.0283. The molecule has 0 aromatic heterocycles. The molecule has 6 nitrogen and oxygen atoms in total. The van der Waals surface area contributed by atoms with Crippen LogP contribution in [-0.4, -0.2) is 34.7 Å². The van der Waals surface area contributed by atoms with Gasteiger partial charge >= 0.3 is 5.97 Å². The second kappa shape index (κ2) is 7.50. The number of aliphatic carboxylic acids is 1. The van der Waals surface area contributed by atoms with Gasteiger partial charge in [-0.25, -0.2) is 4.79 Å². The maximum Gasteiger partial charge on any atom is 0.328 e. The van der Waals surface area contributed by atoms with Gasteiger partial charge in [0.15, 0.2) is 0 Å². The Kier molecular flexibility index (Phi) is 5.98. The van der Waals surface area contributed by atoms with Crippen LogP contribution < -0.4 is 11.1 Å². The average molecular weight is 266 g/mol. The molecule has 0 aliphatic carbocycles. The number of carboxylic acids is 1. The summed E-state index contributed by atoms with van der Waals surface area (Å²) in [6.45, 7) is -0.633. The van der Waals surface area contributed by atoms with Gasteiger partial charge in [0, 0.05) is 12.5 Å². The molecule has 1 amide bonds. The van der Waals surface area contributed by atoms with Crippen molar-refractivity contribution in [3.05, 3.63) is 35.9 Å². The number of carbonyl (C=O) groups excluding carboxylic acids is 1. The third kappa shape index (κ3) is 5.07. The number of benzene rings is 1. The first-order chi connectivity index (χ1) is 9.04. The van der Waals surface area contributed by atoms with Crippen molar-refractivity contribution in [1.29, 1.82) is 0 Å². The third-order valence-corrected chi connectivity index (χ3v) is 2.73. The van der Waals surface area contributed by atoms with Gasteiger partial charge in [-0.15, -0.1) is 0 Å². The standard InChI is InChI=1S/C13H18N2O4/c14-10(9-4-2-1-3-5-9)6-7-12(17)15-11(8-16)13(18)19/h1-5,10-11,16H,6-8,14H2,(H,15,17)(H,18,19)/t10?,11-/m0/s1. The molecule has 0 aliphatic rings. The van der Waals surface area contributed by atoms with Gasteiger partial charge in [-0.2, -0.15) is 0 Å². The van der Waals surface area contributed by atoms with Crippen molar-refractivity contribution in [1.82, 2.24) is 5.32 Å². The van der Waals surface area contributed by atoms with Gasteiger partial charge in [0.25, 0.3) is 0 Å². The Balaban J connectivity index is 2.40. The summed E-state index contributed by atoms with van der Waals surface area (Å²) in [5.41, 5.74) is 6.84. The van der Waals surface area contributed by atoms with E-state index in [2.05, 4.69) is 5.32 Å². The highest BCUT2D eigenvalue weighted by atomic mass is 16.4. The van der Waals surface area contributed by atoms with E-state index in [0.717, 1.165) is 5.56 Å². The molecule has 0 heterocycles.